The second-order valence-corrected chi connectivity index (χ2v) is 4.44. The zero-order chi connectivity index (χ0) is 11.7. The highest BCUT2D eigenvalue weighted by molar-refractivity contribution is 6.52. The summed E-state index contributed by atoms with van der Waals surface area (Å²) in [6, 6.07) is 0. The Balaban J connectivity index is 1.98. The number of hydrogen-bond donors (Lipinski definition) is 2. The second kappa shape index (κ2) is 3.74. The van der Waals surface area contributed by atoms with Crippen LogP contribution < -0.4 is 10.6 Å². The standard InChI is InChI=1S/C8H6N2O5Si/c11-5-1-3(7(13)9-5)15-16-4-2-6(12)10-8(4)14/h1-2H,16H2,(H,9,11,13)(H,10,12,14). The van der Waals surface area contributed by atoms with Gasteiger partial charge in [-0.05, 0) is 0 Å². The maximum atomic E-state index is 11.1. The Morgan fingerprint density at radius 1 is 0.938 bits per heavy atom. The molecule has 0 aromatic rings. The molecule has 16 heavy (non-hydrogen) atoms. The van der Waals surface area contributed by atoms with E-state index in [9.17, 15) is 19.2 Å². The number of nitrogens with one attached hydrogen (secondary N) is 2. The van der Waals surface area contributed by atoms with Crippen LogP contribution in [0.15, 0.2) is 23.1 Å². The topological polar surface area (TPSA) is 102 Å². The first-order valence-corrected chi connectivity index (χ1v) is 5.60. The van der Waals surface area contributed by atoms with Gasteiger partial charge in [0.2, 0.25) is 0 Å². The van der Waals surface area contributed by atoms with Crippen molar-refractivity contribution in [3.05, 3.63) is 23.1 Å². The summed E-state index contributed by atoms with van der Waals surface area (Å²) in [5.41, 5.74) is 0. The molecule has 0 aromatic carbocycles. The van der Waals surface area contributed by atoms with E-state index >= 15 is 0 Å². The molecule has 0 spiro atoms. The lowest BCUT2D eigenvalue weighted by Crippen LogP contribution is -2.25. The van der Waals surface area contributed by atoms with Gasteiger partial charge < -0.3 is 4.43 Å². The molecule has 0 bridgehead atoms. The van der Waals surface area contributed by atoms with Gasteiger partial charge in [0.25, 0.3) is 33.4 Å². The summed E-state index contributed by atoms with van der Waals surface area (Å²) < 4.78 is 5.07. The van der Waals surface area contributed by atoms with Gasteiger partial charge in [-0.25, -0.2) is 0 Å². The highest BCUT2D eigenvalue weighted by Gasteiger charge is 2.26. The zero-order valence-corrected chi connectivity index (χ0v) is 9.32. The summed E-state index contributed by atoms with van der Waals surface area (Å²) >= 11 is 0. The fourth-order valence-corrected chi connectivity index (χ4v) is 2.23. The Morgan fingerprint density at radius 2 is 1.56 bits per heavy atom. The van der Waals surface area contributed by atoms with Gasteiger partial charge >= 0.3 is 0 Å². The minimum Gasteiger partial charge on any atom is -0.541 e. The van der Waals surface area contributed by atoms with Crippen LogP contribution in [0.25, 0.3) is 0 Å². The van der Waals surface area contributed by atoms with Crippen LogP contribution in [0.2, 0.25) is 0 Å². The van der Waals surface area contributed by atoms with Gasteiger partial charge in [0.05, 0.1) is 0 Å². The van der Waals surface area contributed by atoms with Crippen molar-refractivity contribution in [3.8, 4) is 0 Å². The van der Waals surface area contributed by atoms with Crippen LogP contribution in [-0.4, -0.2) is 33.4 Å². The van der Waals surface area contributed by atoms with Crippen molar-refractivity contribution in [2.45, 2.75) is 0 Å². The molecule has 82 valence electrons. The molecule has 2 heterocycles. The lowest BCUT2D eigenvalue weighted by Gasteiger charge is -2.03. The summed E-state index contributed by atoms with van der Waals surface area (Å²) in [7, 11) is -1.53. The van der Waals surface area contributed by atoms with E-state index in [1.807, 2.05) is 5.32 Å². The number of hydrogen-bond acceptors (Lipinski definition) is 5. The molecule has 7 nitrogen and oxygen atoms in total. The smallest absolute Gasteiger partial charge is 0.291 e. The molecule has 2 rings (SSSR count). The van der Waals surface area contributed by atoms with Gasteiger partial charge in [-0.2, -0.15) is 0 Å². The van der Waals surface area contributed by atoms with Gasteiger partial charge in [0.1, 0.15) is 0 Å². The molecule has 0 aromatic heterocycles. The first-order valence-electron chi connectivity index (χ1n) is 4.32. The van der Waals surface area contributed by atoms with E-state index in [1.165, 1.54) is 0 Å². The Morgan fingerprint density at radius 3 is 2.06 bits per heavy atom. The molecular formula is C8H6N2O5Si. The Kier molecular flexibility index (Phi) is 2.41. The van der Waals surface area contributed by atoms with Crippen LogP contribution in [0, 0.1) is 0 Å². The van der Waals surface area contributed by atoms with Crippen molar-refractivity contribution in [1.82, 2.24) is 10.6 Å². The van der Waals surface area contributed by atoms with E-state index in [0.29, 0.717) is 0 Å². The predicted octanol–water partition coefficient (Wildman–Crippen LogP) is -2.83. The van der Waals surface area contributed by atoms with Crippen molar-refractivity contribution < 1.29 is 23.6 Å². The quantitative estimate of drug-likeness (QED) is 0.407. The number of imide groups is 2. The minimum absolute atomic E-state index is 0.107. The van der Waals surface area contributed by atoms with Crippen LogP contribution in [0.5, 0.6) is 0 Å². The molecule has 4 amide bonds. The van der Waals surface area contributed by atoms with E-state index in [1.54, 1.807) is 0 Å². The molecule has 2 aliphatic heterocycles. The molecule has 0 unspecified atom stereocenters. The Labute approximate surface area is 91.5 Å². The maximum Gasteiger partial charge on any atom is 0.291 e. The van der Waals surface area contributed by atoms with Crippen molar-refractivity contribution in [2.24, 2.45) is 0 Å². The van der Waals surface area contributed by atoms with Gasteiger partial charge in [0, 0.05) is 17.3 Å². The van der Waals surface area contributed by atoms with E-state index < -0.39 is 33.4 Å². The van der Waals surface area contributed by atoms with E-state index in [2.05, 4.69) is 5.32 Å². The van der Waals surface area contributed by atoms with Crippen molar-refractivity contribution in [3.63, 3.8) is 0 Å². The molecular weight excluding hydrogens is 232 g/mol. The largest absolute Gasteiger partial charge is 0.541 e. The lowest BCUT2D eigenvalue weighted by atomic mass is 10.5. The fraction of sp³-hybridized carbons (Fsp3) is 0. The van der Waals surface area contributed by atoms with Crippen molar-refractivity contribution in [1.29, 1.82) is 0 Å². The molecule has 0 fully saturated rings. The molecule has 0 saturated heterocycles. The normalized spacial score (nSPS) is 20.0. The number of rotatable bonds is 3. The Hall–Kier alpha value is -2.22. The zero-order valence-electron chi connectivity index (χ0n) is 7.90. The second-order valence-electron chi connectivity index (χ2n) is 3.10. The third kappa shape index (κ3) is 1.91. The van der Waals surface area contributed by atoms with Crippen LogP contribution >= 0.6 is 0 Å². The molecule has 2 aliphatic rings. The average Bonchev–Trinajstić information content (AvgIpc) is 2.66. The number of carbonyl (C=O) groups is 4. The van der Waals surface area contributed by atoms with Crippen LogP contribution in [0.3, 0.4) is 0 Å². The van der Waals surface area contributed by atoms with Crippen LogP contribution in [-0.2, 0) is 23.6 Å². The lowest BCUT2D eigenvalue weighted by molar-refractivity contribution is -0.126. The SMILES string of the molecule is O=C1C=C(O[SiH2]C2=CC(=O)NC2=O)C(=O)N1. The first-order chi connectivity index (χ1) is 7.56. The summed E-state index contributed by atoms with van der Waals surface area (Å²) in [6.07, 6.45) is 2.16. The van der Waals surface area contributed by atoms with Crippen molar-refractivity contribution >= 4 is 33.4 Å². The molecule has 8 heteroatoms. The fourth-order valence-electron chi connectivity index (χ4n) is 1.22. The summed E-state index contributed by atoms with van der Waals surface area (Å²) in [5, 5.41) is 4.31. The highest BCUT2D eigenvalue weighted by atomic mass is 28.2. The van der Waals surface area contributed by atoms with Gasteiger partial charge in [-0.1, -0.05) is 0 Å². The summed E-state index contributed by atoms with van der Waals surface area (Å²) in [4.78, 5) is 43.7. The highest BCUT2D eigenvalue weighted by Crippen LogP contribution is 2.07. The number of carbonyl (C=O) groups excluding carboxylic acids is 4. The predicted molar refractivity (Wildman–Crippen MR) is 52.1 cm³/mol. The van der Waals surface area contributed by atoms with Crippen LogP contribution in [0.1, 0.15) is 0 Å². The summed E-state index contributed by atoms with van der Waals surface area (Å²) in [5.74, 6) is -2.26. The van der Waals surface area contributed by atoms with Gasteiger partial charge in [-0.15, -0.1) is 0 Å². The molecule has 0 radical (unpaired) electrons. The molecule has 0 atom stereocenters. The molecule has 0 saturated carbocycles. The van der Waals surface area contributed by atoms with Gasteiger partial charge in [-0.3, -0.25) is 29.8 Å². The Bertz CT molecular complexity index is 435. The third-order valence-electron chi connectivity index (χ3n) is 1.94. The third-order valence-corrected chi connectivity index (χ3v) is 3.23. The van der Waals surface area contributed by atoms with Gasteiger partial charge in [0.15, 0.2) is 5.76 Å². The minimum atomic E-state index is -1.53. The van der Waals surface area contributed by atoms with E-state index in [-0.39, 0.29) is 11.0 Å². The van der Waals surface area contributed by atoms with Crippen molar-refractivity contribution in [2.75, 3.05) is 0 Å². The molecule has 0 aliphatic carbocycles. The summed E-state index contributed by atoms with van der Waals surface area (Å²) in [6.45, 7) is 0. The van der Waals surface area contributed by atoms with E-state index in [0.717, 1.165) is 12.2 Å². The monoisotopic (exact) mass is 238 g/mol. The average molecular weight is 238 g/mol. The maximum absolute atomic E-state index is 11.1. The van der Waals surface area contributed by atoms with Crippen LogP contribution in [0.4, 0.5) is 0 Å². The molecule has 2 N–H and O–H groups in total. The van der Waals surface area contributed by atoms with E-state index in [4.69, 9.17) is 4.43 Å². The number of amides is 4. The first kappa shape index (κ1) is 10.3.